The summed E-state index contributed by atoms with van der Waals surface area (Å²) in [6.07, 6.45) is 1.23. The van der Waals surface area contributed by atoms with Gasteiger partial charge in [0.15, 0.2) is 0 Å². The number of thioether (sulfide) groups is 1. The van der Waals surface area contributed by atoms with Crippen molar-refractivity contribution >= 4 is 11.8 Å². The highest BCUT2D eigenvalue weighted by Crippen LogP contribution is 2.22. The first-order valence-electron chi connectivity index (χ1n) is 6.37. The second-order valence-corrected chi connectivity index (χ2v) is 6.47. The molecule has 1 aromatic rings. The number of hydrogen-bond donors (Lipinski definition) is 1. The van der Waals surface area contributed by atoms with Crippen LogP contribution in [-0.4, -0.2) is 18.3 Å². The summed E-state index contributed by atoms with van der Waals surface area (Å²) in [7, 11) is 2.03. The van der Waals surface area contributed by atoms with Crippen LogP contribution in [-0.2, 0) is 5.75 Å². The van der Waals surface area contributed by atoms with Crippen molar-refractivity contribution in [2.45, 2.75) is 51.2 Å². The highest BCUT2D eigenvalue weighted by Gasteiger charge is 2.07. The molecule has 0 bridgehead atoms. The van der Waals surface area contributed by atoms with Gasteiger partial charge in [0.25, 0.3) is 0 Å². The third kappa shape index (κ3) is 5.60. The van der Waals surface area contributed by atoms with Gasteiger partial charge in [-0.3, -0.25) is 0 Å². The van der Waals surface area contributed by atoms with Gasteiger partial charge in [-0.2, -0.15) is 11.8 Å². The molecule has 1 nitrogen and oxygen atoms in total. The summed E-state index contributed by atoms with van der Waals surface area (Å²) >= 11 is 2.05. The Morgan fingerprint density at radius 1 is 1.12 bits per heavy atom. The number of aryl methyl sites for hydroxylation is 2. The standard InChI is InChI=1S/C15H25NS/c1-11-6-12(2)8-15(7-11)10-17-14(4)9-13(3)16-5/h6-8,13-14,16H,9-10H2,1-5H3. The minimum absolute atomic E-state index is 0.608. The van der Waals surface area contributed by atoms with Gasteiger partial charge in [-0.1, -0.05) is 36.2 Å². The molecule has 0 fully saturated rings. The Balaban J connectivity index is 2.44. The van der Waals surface area contributed by atoms with Crippen molar-refractivity contribution < 1.29 is 0 Å². The zero-order valence-corrected chi connectivity index (χ0v) is 12.5. The average Bonchev–Trinajstić information content (AvgIpc) is 2.25. The lowest BCUT2D eigenvalue weighted by molar-refractivity contribution is 0.564. The van der Waals surface area contributed by atoms with Crippen molar-refractivity contribution in [1.29, 1.82) is 0 Å². The molecule has 2 unspecified atom stereocenters. The van der Waals surface area contributed by atoms with E-state index in [4.69, 9.17) is 0 Å². The molecule has 0 amide bonds. The minimum atomic E-state index is 0.608. The Morgan fingerprint density at radius 3 is 2.24 bits per heavy atom. The molecule has 17 heavy (non-hydrogen) atoms. The van der Waals surface area contributed by atoms with Gasteiger partial charge in [-0.15, -0.1) is 0 Å². The molecule has 0 heterocycles. The fourth-order valence-corrected chi connectivity index (χ4v) is 3.14. The van der Waals surface area contributed by atoms with E-state index in [9.17, 15) is 0 Å². The Morgan fingerprint density at radius 2 is 1.71 bits per heavy atom. The quantitative estimate of drug-likeness (QED) is 0.822. The number of benzene rings is 1. The van der Waals surface area contributed by atoms with E-state index >= 15 is 0 Å². The van der Waals surface area contributed by atoms with E-state index in [0.29, 0.717) is 11.3 Å². The van der Waals surface area contributed by atoms with Crippen molar-refractivity contribution in [1.82, 2.24) is 5.32 Å². The van der Waals surface area contributed by atoms with Crippen LogP contribution in [0.25, 0.3) is 0 Å². The normalized spacial score (nSPS) is 14.6. The molecule has 0 radical (unpaired) electrons. The minimum Gasteiger partial charge on any atom is -0.317 e. The fourth-order valence-electron chi connectivity index (χ4n) is 2.07. The third-order valence-electron chi connectivity index (χ3n) is 2.99. The van der Waals surface area contributed by atoms with E-state index in [1.54, 1.807) is 0 Å². The first-order valence-corrected chi connectivity index (χ1v) is 7.42. The number of hydrogen-bond acceptors (Lipinski definition) is 2. The van der Waals surface area contributed by atoms with Gasteiger partial charge in [-0.05, 0) is 39.8 Å². The Hall–Kier alpha value is -0.470. The van der Waals surface area contributed by atoms with Crippen LogP contribution in [0.15, 0.2) is 18.2 Å². The highest BCUT2D eigenvalue weighted by molar-refractivity contribution is 7.99. The summed E-state index contributed by atoms with van der Waals surface area (Å²) in [5.74, 6) is 1.13. The maximum absolute atomic E-state index is 3.30. The van der Waals surface area contributed by atoms with Gasteiger partial charge in [0.1, 0.15) is 0 Å². The van der Waals surface area contributed by atoms with Crippen molar-refractivity contribution in [3.8, 4) is 0 Å². The highest BCUT2D eigenvalue weighted by atomic mass is 32.2. The average molecular weight is 251 g/mol. The number of nitrogens with one attached hydrogen (secondary N) is 1. The molecule has 1 N–H and O–H groups in total. The van der Waals surface area contributed by atoms with Crippen molar-refractivity contribution in [3.63, 3.8) is 0 Å². The molecule has 1 aromatic carbocycles. The van der Waals surface area contributed by atoms with Crippen LogP contribution in [0.3, 0.4) is 0 Å². The fraction of sp³-hybridized carbons (Fsp3) is 0.600. The Kier molecular flexibility index (Phi) is 6.07. The first-order chi connectivity index (χ1) is 8.01. The molecule has 96 valence electrons. The second kappa shape index (κ2) is 7.07. The lowest BCUT2D eigenvalue weighted by atomic mass is 10.1. The van der Waals surface area contributed by atoms with Crippen molar-refractivity contribution in [2.75, 3.05) is 7.05 Å². The third-order valence-corrected chi connectivity index (χ3v) is 4.26. The van der Waals surface area contributed by atoms with E-state index < -0.39 is 0 Å². The van der Waals surface area contributed by atoms with Crippen molar-refractivity contribution in [2.24, 2.45) is 0 Å². The number of rotatable bonds is 6. The van der Waals surface area contributed by atoms with Gasteiger partial charge < -0.3 is 5.32 Å². The maximum atomic E-state index is 3.30. The monoisotopic (exact) mass is 251 g/mol. The van der Waals surface area contributed by atoms with E-state index in [-0.39, 0.29) is 0 Å². The molecule has 2 heteroatoms. The van der Waals surface area contributed by atoms with Gasteiger partial charge in [-0.25, -0.2) is 0 Å². The van der Waals surface area contributed by atoms with E-state index in [2.05, 4.69) is 63.0 Å². The zero-order chi connectivity index (χ0) is 12.8. The summed E-state index contributed by atoms with van der Waals surface area (Å²) in [5, 5.41) is 4.01. The smallest absolute Gasteiger partial charge is 0.0187 e. The lowest BCUT2D eigenvalue weighted by Crippen LogP contribution is -2.24. The molecule has 2 atom stereocenters. The predicted octanol–water partition coefficient (Wildman–Crippen LogP) is 3.92. The molecule has 0 aliphatic carbocycles. The molecular formula is C15H25NS. The van der Waals surface area contributed by atoms with Crippen LogP contribution in [0, 0.1) is 13.8 Å². The molecule has 0 saturated carbocycles. The Bertz CT molecular complexity index is 329. The van der Waals surface area contributed by atoms with Crippen LogP contribution in [0.4, 0.5) is 0 Å². The van der Waals surface area contributed by atoms with Gasteiger partial charge in [0.2, 0.25) is 0 Å². The van der Waals surface area contributed by atoms with E-state index in [1.165, 1.54) is 23.1 Å². The maximum Gasteiger partial charge on any atom is 0.0187 e. The van der Waals surface area contributed by atoms with E-state index in [1.807, 2.05) is 7.05 Å². The SMILES string of the molecule is CNC(C)CC(C)SCc1cc(C)cc(C)c1. The largest absolute Gasteiger partial charge is 0.317 e. The lowest BCUT2D eigenvalue weighted by Gasteiger charge is -2.16. The second-order valence-electron chi connectivity index (χ2n) is 5.04. The first kappa shape index (κ1) is 14.6. The van der Waals surface area contributed by atoms with Gasteiger partial charge in [0.05, 0.1) is 0 Å². The van der Waals surface area contributed by atoms with Crippen LogP contribution < -0.4 is 5.32 Å². The van der Waals surface area contributed by atoms with Crippen LogP contribution in [0.2, 0.25) is 0 Å². The molecular weight excluding hydrogens is 226 g/mol. The molecule has 0 aliphatic heterocycles. The topological polar surface area (TPSA) is 12.0 Å². The molecule has 1 rings (SSSR count). The van der Waals surface area contributed by atoms with Crippen LogP contribution in [0.1, 0.15) is 37.0 Å². The molecule has 0 saturated heterocycles. The molecule has 0 spiro atoms. The van der Waals surface area contributed by atoms with Gasteiger partial charge >= 0.3 is 0 Å². The van der Waals surface area contributed by atoms with E-state index in [0.717, 1.165) is 5.75 Å². The Labute approximate surface area is 110 Å². The van der Waals surface area contributed by atoms with Crippen LogP contribution >= 0.6 is 11.8 Å². The summed E-state index contributed by atoms with van der Waals surface area (Å²) < 4.78 is 0. The molecule has 0 aliphatic rings. The predicted molar refractivity (Wildman–Crippen MR) is 79.8 cm³/mol. The summed E-state index contributed by atoms with van der Waals surface area (Å²) in [4.78, 5) is 0. The summed E-state index contributed by atoms with van der Waals surface area (Å²) in [6.45, 7) is 8.91. The van der Waals surface area contributed by atoms with Crippen LogP contribution in [0.5, 0.6) is 0 Å². The summed E-state index contributed by atoms with van der Waals surface area (Å²) in [6, 6.07) is 7.44. The van der Waals surface area contributed by atoms with Crippen molar-refractivity contribution in [3.05, 3.63) is 34.9 Å². The zero-order valence-electron chi connectivity index (χ0n) is 11.7. The summed E-state index contributed by atoms with van der Waals surface area (Å²) in [5.41, 5.74) is 4.20. The van der Waals surface area contributed by atoms with Gasteiger partial charge in [0, 0.05) is 17.0 Å². The molecule has 0 aromatic heterocycles.